The Hall–Kier alpha value is -1.56. The molecule has 2 aliphatic heterocycles. The van der Waals surface area contributed by atoms with Gasteiger partial charge in [-0.25, -0.2) is 0 Å². The summed E-state index contributed by atoms with van der Waals surface area (Å²) in [7, 11) is 1.94. The van der Waals surface area contributed by atoms with Gasteiger partial charge in [-0.3, -0.25) is 4.79 Å². The lowest BCUT2D eigenvalue weighted by atomic mass is 9.98. The number of hydrogen-bond acceptors (Lipinski definition) is 4. The van der Waals surface area contributed by atoms with Crippen LogP contribution in [0.15, 0.2) is 41.8 Å². The monoisotopic (exact) mass is 392 g/mol. The second-order valence-corrected chi connectivity index (χ2v) is 8.11. The highest BCUT2D eigenvalue weighted by molar-refractivity contribution is 7.09. The number of nitrogens with zero attached hydrogens (tertiary/aromatic N) is 1. The highest BCUT2D eigenvalue weighted by Crippen LogP contribution is 2.30. The minimum absolute atomic E-state index is 0. The van der Waals surface area contributed by atoms with Crippen LogP contribution in [0.4, 0.5) is 0 Å². The fourth-order valence-corrected chi connectivity index (χ4v) is 4.60. The van der Waals surface area contributed by atoms with Gasteiger partial charge in [-0.05, 0) is 55.3 Å². The van der Waals surface area contributed by atoms with Crippen molar-refractivity contribution in [1.82, 2.24) is 10.2 Å². The predicted octanol–water partition coefficient (Wildman–Crippen LogP) is 4.10. The lowest BCUT2D eigenvalue weighted by Gasteiger charge is -2.35. The number of rotatable bonds is 5. The number of nitrogens with one attached hydrogen (secondary N) is 1. The molecule has 2 aromatic rings. The first-order valence-corrected chi connectivity index (χ1v) is 9.85. The molecule has 1 N–H and O–H groups in total. The van der Waals surface area contributed by atoms with Crippen molar-refractivity contribution < 1.29 is 9.53 Å². The molecule has 2 fully saturated rings. The molecule has 4 rings (SSSR count). The molecule has 1 aromatic carbocycles. The standard InChI is InChI=1S/C20H24N2O2S.ClH/c1-22(17-11-15-7-8-16(12-17)21-15)20(23)14-4-2-5-18(10-14)24-13-19-6-3-9-25-19;/h2-6,9-10,15-17,21H,7-8,11-13H2,1H3;1H. The van der Waals surface area contributed by atoms with Crippen molar-refractivity contribution >= 4 is 29.7 Å². The number of carbonyl (C=O) groups excluding carboxylic acids is 1. The number of piperidine rings is 1. The number of carbonyl (C=O) groups is 1. The Labute approximate surface area is 165 Å². The highest BCUT2D eigenvalue weighted by Gasteiger charge is 2.36. The van der Waals surface area contributed by atoms with Crippen LogP contribution in [0.2, 0.25) is 0 Å². The second-order valence-electron chi connectivity index (χ2n) is 7.08. The first-order chi connectivity index (χ1) is 12.2. The third-order valence-corrected chi connectivity index (χ3v) is 6.21. The molecular weight excluding hydrogens is 368 g/mol. The molecule has 4 nitrogen and oxygen atoms in total. The third-order valence-electron chi connectivity index (χ3n) is 5.36. The molecule has 0 spiro atoms. The number of amides is 1. The van der Waals surface area contributed by atoms with E-state index in [0.29, 0.717) is 30.3 Å². The zero-order valence-corrected chi connectivity index (χ0v) is 16.5. The van der Waals surface area contributed by atoms with Gasteiger partial charge in [0.05, 0.1) is 0 Å². The van der Waals surface area contributed by atoms with Gasteiger partial charge in [-0.1, -0.05) is 12.1 Å². The van der Waals surface area contributed by atoms with Gasteiger partial charge < -0.3 is 15.0 Å². The second kappa shape index (κ2) is 8.42. The summed E-state index contributed by atoms with van der Waals surface area (Å²) in [4.78, 5) is 16.0. The van der Waals surface area contributed by atoms with E-state index < -0.39 is 0 Å². The van der Waals surface area contributed by atoms with Crippen LogP contribution in [0.25, 0.3) is 0 Å². The van der Waals surface area contributed by atoms with E-state index in [1.807, 2.05) is 47.7 Å². The van der Waals surface area contributed by atoms with Crippen LogP contribution in [-0.2, 0) is 6.61 Å². The maximum absolute atomic E-state index is 12.9. The summed E-state index contributed by atoms with van der Waals surface area (Å²) in [6.07, 6.45) is 4.62. The summed E-state index contributed by atoms with van der Waals surface area (Å²) in [5, 5.41) is 5.68. The summed E-state index contributed by atoms with van der Waals surface area (Å²) in [6, 6.07) is 13.1. The average molecular weight is 393 g/mol. The molecule has 0 saturated carbocycles. The minimum Gasteiger partial charge on any atom is -0.488 e. The van der Waals surface area contributed by atoms with E-state index >= 15 is 0 Å². The molecule has 6 heteroatoms. The topological polar surface area (TPSA) is 41.6 Å². The van der Waals surface area contributed by atoms with Crippen LogP contribution in [0.5, 0.6) is 5.75 Å². The van der Waals surface area contributed by atoms with E-state index in [9.17, 15) is 4.79 Å². The maximum Gasteiger partial charge on any atom is 0.253 e. The first kappa shape index (κ1) is 19.2. The summed E-state index contributed by atoms with van der Waals surface area (Å²) >= 11 is 1.68. The van der Waals surface area contributed by atoms with Crippen LogP contribution in [0, 0.1) is 0 Å². The highest BCUT2D eigenvalue weighted by atomic mass is 35.5. The van der Waals surface area contributed by atoms with E-state index in [1.165, 1.54) is 17.7 Å². The lowest BCUT2D eigenvalue weighted by molar-refractivity contribution is 0.0681. The van der Waals surface area contributed by atoms with E-state index in [0.717, 1.165) is 18.6 Å². The third kappa shape index (κ3) is 4.22. The molecular formula is C20H25ClN2O2S. The SMILES string of the molecule is CN(C(=O)c1cccc(OCc2cccs2)c1)C1CC2CCC(C1)N2.Cl. The molecule has 1 amide bonds. The molecule has 2 atom stereocenters. The van der Waals surface area contributed by atoms with Crippen LogP contribution >= 0.6 is 23.7 Å². The van der Waals surface area contributed by atoms with Crippen molar-refractivity contribution in [2.45, 2.75) is 50.4 Å². The van der Waals surface area contributed by atoms with Crippen molar-refractivity contribution in [2.75, 3.05) is 7.05 Å². The minimum atomic E-state index is 0. The van der Waals surface area contributed by atoms with Gasteiger partial charge in [0.15, 0.2) is 0 Å². The number of halogens is 1. The van der Waals surface area contributed by atoms with Gasteiger partial charge >= 0.3 is 0 Å². The molecule has 1 aromatic heterocycles. The summed E-state index contributed by atoms with van der Waals surface area (Å²) in [5.41, 5.74) is 0.706. The van der Waals surface area contributed by atoms with Gasteiger partial charge in [0.1, 0.15) is 12.4 Å². The summed E-state index contributed by atoms with van der Waals surface area (Å²) in [6.45, 7) is 0.544. The van der Waals surface area contributed by atoms with Crippen molar-refractivity contribution in [3.63, 3.8) is 0 Å². The van der Waals surface area contributed by atoms with Crippen LogP contribution in [0.1, 0.15) is 40.9 Å². The van der Waals surface area contributed by atoms with Gasteiger partial charge in [0.2, 0.25) is 0 Å². The Morgan fingerprint density at radius 3 is 2.69 bits per heavy atom. The van der Waals surface area contributed by atoms with Crippen molar-refractivity contribution in [3.8, 4) is 5.75 Å². The first-order valence-electron chi connectivity index (χ1n) is 8.97. The quantitative estimate of drug-likeness (QED) is 0.832. The van der Waals surface area contributed by atoms with Crippen LogP contribution in [0.3, 0.4) is 0 Å². The smallest absolute Gasteiger partial charge is 0.253 e. The Kier molecular flexibility index (Phi) is 6.22. The molecule has 26 heavy (non-hydrogen) atoms. The molecule has 0 radical (unpaired) electrons. The normalized spacial score (nSPS) is 24.0. The molecule has 3 heterocycles. The predicted molar refractivity (Wildman–Crippen MR) is 107 cm³/mol. The molecule has 2 saturated heterocycles. The number of fused-ring (bicyclic) bond motifs is 2. The Morgan fingerprint density at radius 2 is 2.00 bits per heavy atom. The summed E-state index contributed by atoms with van der Waals surface area (Å²) < 4.78 is 5.84. The average Bonchev–Trinajstić information content (AvgIpc) is 3.28. The largest absolute Gasteiger partial charge is 0.488 e. The molecule has 0 aliphatic carbocycles. The van der Waals surface area contributed by atoms with E-state index in [1.54, 1.807) is 11.3 Å². The molecule has 2 bridgehead atoms. The Bertz CT molecular complexity index is 725. The van der Waals surface area contributed by atoms with E-state index in [2.05, 4.69) is 11.4 Å². The Balaban J connectivity index is 0.00000196. The van der Waals surface area contributed by atoms with Crippen LogP contribution < -0.4 is 10.1 Å². The molecule has 2 aliphatic rings. The zero-order chi connectivity index (χ0) is 17.2. The van der Waals surface area contributed by atoms with Gasteiger partial charge in [-0.2, -0.15) is 0 Å². The number of thiophene rings is 1. The van der Waals surface area contributed by atoms with Gasteiger partial charge in [-0.15, -0.1) is 23.7 Å². The fourth-order valence-electron chi connectivity index (χ4n) is 3.98. The van der Waals surface area contributed by atoms with Crippen LogP contribution in [-0.4, -0.2) is 36.0 Å². The summed E-state index contributed by atoms with van der Waals surface area (Å²) in [5.74, 6) is 0.839. The molecule has 2 unspecified atom stereocenters. The van der Waals surface area contributed by atoms with E-state index in [-0.39, 0.29) is 18.3 Å². The number of benzene rings is 1. The number of ether oxygens (including phenoxy) is 1. The van der Waals surface area contributed by atoms with Gasteiger partial charge in [0, 0.05) is 35.6 Å². The van der Waals surface area contributed by atoms with Crippen molar-refractivity contribution in [1.29, 1.82) is 0 Å². The Morgan fingerprint density at radius 1 is 1.23 bits per heavy atom. The van der Waals surface area contributed by atoms with Crippen molar-refractivity contribution in [3.05, 3.63) is 52.2 Å². The lowest BCUT2D eigenvalue weighted by Crippen LogP contribution is -2.48. The molecule has 140 valence electrons. The fraction of sp³-hybridized carbons (Fsp3) is 0.450. The van der Waals surface area contributed by atoms with Gasteiger partial charge in [0.25, 0.3) is 5.91 Å². The zero-order valence-electron chi connectivity index (χ0n) is 14.9. The maximum atomic E-state index is 12.9. The van der Waals surface area contributed by atoms with E-state index in [4.69, 9.17) is 4.74 Å². The van der Waals surface area contributed by atoms with Crippen molar-refractivity contribution in [2.24, 2.45) is 0 Å². The number of hydrogen-bond donors (Lipinski definition) is 1.